The van der Waals surface area contributed by atoms with Crippen molar-refractivity contribution in [2.24, 2.45) is 0 Å². The average molecular weight is 262 g/mol. The summed E-state index contributed by atoms with van der Waals surface area (Å²) >= 11 is 0. The number of pyridine rings is 1. The van der Waals surface area contributed by atoms with Crippen LogP contribution in [0.4, 0.5) is 0 Å². The molecule has 0 spiro atoms. The molecule has 0 amide bonds. The van der Waals surface area contributed by atoms with Gasteiger partial charge in [-0.15, -0.1) is 4.52 Å². The molecule has 2 rings (SSSR count). The number of nitrogens with zero attached hydrogens (tertiary/aromatic N) is 1. The average Bonchev–Trinajstić information content (AvgIpc) is 2.35. The molecule has 0 saturated carbocycles. The van der Waals surface area contributed by atoms with Crippen molar-refractivity contribution in [3.8, 4) is 5.75 Å². The Bertz CT molecular complexity index is 523. The number of fused-ring (bicyclic) bond motifs is 1. The van der Waals surface area contributed by atoms with Crippen molar-refractivity contribution < 1.29 is 49.6 Å². The Morgan fingerprint density at radius 2 is 2.06 bits per heavy atom. The second-order valence-corrected chi connectivity index (χ2v) is 3.86. The fourth-order valence-electron chi connectivity index (χ4n) is 1.24. The van der Waals surface area contributed by atoms with Gasteiger partial charge in [0.05, 0.1) is 7.11 Å². The van der Waals surface area contributed by atoms with Crippen molar-refractivity contribution in [2.75, 3.05) is 7.11 Å². The molecule has 1 unspecified atom stereocenters. The first-order valence-electron chi connectivity index (χ1n) is 4.51. The van der Waals surface area contributed by atoms with E-state index in [1.165, 1.54) is 7.11 Å². The topological polar surface area (TPSA) is 57.7 Å². The van der Waals surface area contributed by atoms with Gasteiger partial charge in [0.25, 0.3) is 0 Å². The first kappa shape index (κ1) is 14.5. The van der Waals surface area contributed by atoms with E-state index in [2.05, 4.69) is 14.2 Å². The molecule has 0 N–H and O–H groups in total. The molecule has 17 heavy (non-hydrogen) atoms. The molecule has 0 fully saturated rings. The van der Waals surface area contributed by atoms with E-state index in [0.29, 0.717) is 11.3 Å². The summed E-state index contributed by atoms with van der Waals surface area (Å²) in [5.74, 6) is 0.401. The van der Waals surface area contributed by atoms with Crippen LogP contribution >= 0.6 is 8.25 Å². The third kappa shape index (κ3) is 3.71. The van der Waals surface area contributed by atoms with E-state index in [4.69, 9.17) is 4.89 Å². The third-order valence-electron chi connectivity index (χ3n) is 1.93. The zero-order chi connectivity index (χ0) is 11.4. The molecule has 0 bridgehead atoms. The number of rotatable bonds is 4. The maximum Gasteiger partial charge on any atom is 1.00 e. The van der Waals surface area contributed by atoms with Gasteiger partial charge in [-0.2, -0.15) is 0 Å². The van der Waals surface area contributed by atoms with E-state index < -0.39 is 8.25 Å². The quantitative estimate of drug-likeness (QED) is 0.335. The van der Waals surface area contributed by atoms with E-state index in [1.54, 1.807) is 18.3 Å². The summed E-state index contributed by atoms with van der Waals surface area (Å²) in [4.78, 5) is 9.05. The van der Waals surface area contributed by atoms with Crippen molar-refractivity contribution in [3.63, 3.8) is 0 Å². The minimum absolute atomic E-state index is 0. The SMILES string of the molecule is CO[P+](=O)OOc1cccc2cccnc12.[H-].[Na+]. The smallest absolute Gasteiger partial charge is 1.00 e. The van der Waals surface area contributed by atoms with E-state index in [9.17, 15) is 4.57 Å². The third-order valence-corrected chi connectivity index (χ3v) is 2.43. The van der Waals surface area contributed by atoms with Gasteiger partial charge in [0, 0.05) is 16.1 Å². The summed E-state index contributed by atoms with van der Waals surface area (Å²) in [5.41, 5.74) is 0.643. The van der Waals surface area contributed by atoms with Crippen LogP contribution in [0.25, 0.3) is 10.9 Å². The maximum absolute atomic E-state index is 10.9. The molecule has 1 heterocycles. The molecular formula is C10H10NNaO4P+. The number of hydrogen-bond acceptors (Lipinski definition) is 5. The van der Waals surface area contributed by atoms with Crippen LogP contribution in [0.15, 0.2) is 36.5 Å². The molecule has 0 aliphatic carbocycles. The molecule has 2 aromatic rings. The van der Waals surface area contributed by atoms with Gasteiger partial charge in [0.15, 0.2) is 5.75 Å². The van der Waals surface area contributed by atoms with Crippen LogP contribution in [0.1, 0.15) is 1.43 Å². The van der Waals surface area contributed by atoms with Gasteiger partial charge in [-0.25, -0.2) is 0 Å². The summed E-state index contributed by atoms with van der Waals surface area (Å²) in [6.45, 7) is 0. The van der Waals surface area contributed by atoms with Gasteiger partial charge in [-0.3, -0.25) is 9.87 Å². The Labute approximate surface area is 123 Å². The molecule has 1 atom stereocenters. The number of aromatic nitrogens is 1. The molecule has 7 heteroatoms. The Morgan fingerprint density at radius 3 is 2.82 bits per heavy atom. The zero-order valence-corrected chi connectivity index (χ0v) is 12.4. The van der Waals surface area contributed by atoms with Crippen LogP contribution < -0.4 is 34.4 Å². The number of benzene rings is 1. The first-order chi connectivity index (χ1) is 7.81. The summed E-state index contributed by atoms with van der Waals surface area (Å²) < 4.78 is 19.8. The molecule has 0 saturated heterocycles. The molecule has 0 aliphatic rings. The molecule has 1 aromatic heterocycles. The maximum atomic E-state index is 10.9. The molecule has 0 radical (unpaired) electrons. The van der Waals surface area contributed by atoms with Crippen LogP contribution in [0.5, 0.6) is 5.75 Å². The van der Waals surface area contributed by atoms with E-state index >= 15 is 0 Å². The van der Waals surface area contributed by atoms with Crippen LogP contribution in [-0.2, 0) is 13.8 Å². The molecule has 5 nitrogen and oxygen atoms in total. The summed E-state index contributed by atoms with van der Waals surface area (Å²) in [5, 5.41) is 0.913. The largest absolute Gasteiger partial charge is 1.00 e. The van der Waals surface area contributed by atoms with Crippen molar-refractivity contribution in [2.45, 2.75) is 0 Å². The van der Waals surface area contributed by atoms with Crippen LogP contribution in [0.3, 0.4) is 0 Å². The van der Waals surface area contributed by atoms with Gasteiger partial charge in [-0.1, -0.05) is 18.2 Å². The van der Waals surface area contributed by atoms with Crippen molar-refractivity contribution in [1.82, 2.24) is 4.98 Å². The van der Waals surface area contributed by atoms with Crippen LogP contribution in [0, 0.1) is 0 Å². The normalized spacial score (nSPS) is 10.8. The van der Waals surface area contributed by atoms with Crippen LogP contribution in [-0.4, -0.2) is 12.1 Å². The minimum Gasteiger partial charge on any atom is -1.00 e. The molecule has 0 aliphatic heterocycles. The monoisotopic (exact) mass is 262 g/mol. The predicted octanol–water partition coefficient (Wildman–Crippen LogP) is -0.0345. The Morgan fingerprint density at radius 1 is 1.29 bits per heavy atom. The Hall–Kier alpha value is -0.550. The number of hydrogen-bond donors (Lipinski definition) is 0. The summed E-state index contributed by atoms with van der Waals surface area (Å²) in [6, 6.07) is 9.08. The minimum atomic E-state index is -2.26. The zero-order valence-electron chi connectivity index (χ0n) is 10.5. The van der Waals surface area contributed by atoms with Gasteiger partial charge in [0.1, 0.15) is 10.2 Å². The fourth-order valence-corrected chi connectivity index (χ4v) is 1.45. The van der Waals surface area contributed by atoms with Crippen molar-refractivity contribution in [3.05, 3.63) is 36.5 Å². The summed E-state index contributed by atoms with van der Waals surface area (Å²) in [7, 11) is -0.990. The molecular weight excluding hydrogens is 252 g/mol. The van der Waals surface area contributed by atoms with Crippen LogP contribution in [0.2, 0.25) is 0 Å². The fraction of sp³-hybridized carbons (Fsp3) is 0.100. The van der Waals surface area contributed by atoms with Gasteiger partial charge >= 0.3 is 37.8 Å². The van der Waals surface area contributed by atoms with E-state index in [-0.39, 0.29) is 31.0 Å². The van der Waals surface area contributed by atoms with Gasteiger partial charge in [-0.05, 0) is 12.1 Å². The standard InChI is InChI=1S/C10H9NO4P.Na.H/c1-13-16(12)15-14-9-6-2-4-8-5-3-7-11-10(8)9;;/h2-7H,1H3;;/q2*+1;-1. The van der Waals surface area contributed by atoms with E-state index in [0.717, 1.165) is 5.39 Å². The first-order valence-corrected chi connectivity index (χ1v) is 5.60. The summed E-state index contributed by atoms with van der Waals surface area (Å²) in [6.07, 6.45) is 1.64. The van der Waals surface area contributed by atoms with Gasteiger partial charge < -0.3 is 1.43 Å². The van der Waals surface area contributed by atoms with Crippen molar-refractivity contribution in [1.29, 1.82) is 0 Å². The number of para-hydroxylation sites is 1. The Balaban J connectivity index is 0.00000144. The molecule has 1 aromatic carbocycles. The molecule has 84 valence electrons. The van der Waals surface area contributed by atoms with Crippen molar-refractivity contribution >= 4 is 19.2 Å². The second kappa shape index (κ2) is 7.01. The second-order valence-electron chi connectivity index (χ2n) is 2.90. The van der Waals surface area contributed by atoms with E-state index in [1.807, 2.05) is 18.2 Å². The van der Waals surface area contributed by atoms with Gasteiger partial charge in [0.2, 0.25) is 0 Å². The predicted molar refractivity (Wildman–Crippen MR) is 59.2 cm³/mol. The Kier molecular flexibility index (Phi) is 5.98.